The number of hydrogen-bond donors (Lipinski definition) is 2. The maximum absolute atomic E-state index is 14.3. The van der Waals surface area contributed by atoms with Crippen LogP contribution in [0.2, 0.25) is 5.02 Å². The van der Waals surface area contributed by atoms with Crippen LogP contribution in [0.5, 0.6) is 0 Å². The molecule has 0 aliphatic rings. The largest absolute Gasteiger partial charge is 0.480 e. The van der Waals surface area contributed by atoms with E-state index in [1.807, 2.05) is 103 Å². The Morgan fingerprint density at radius 2 is 1.32 bits per heavy atom. The fourth-order valence-corrected chi connectivity index (χ4v) is 5.40. The number of carbonyl (C=O) groups is 2. The number of unbranched alkanes of at least 4 members (excludes halogenated alkanes) is 1. The van der Waals surface area contributed by atoms with Crippen LogP contribution >= 0.6 is 11.6 Å². The molecule has 0 aliphatic heterocycles. The van der Waals surface area contributed by atoms with Crippen LogP contribution in [0.3, 0.4) is 0 Å². The van der Waals surface area contributed by atoms with Crippen LogP contribution in [0.25, 0.3) is 0 Å². The first-order valence-corrected chi connectivity index (χ1v) is 13.7. The van der Waals surface area contributed by atoms with Gasteiger partial charge >= 0.3 is 12.1 Å². The zero-order valence-electron chi connectivity index (χ0n) is 22.2. The van der Waals surface area contributed by atoms with Gasteiger partial charge in [0.25, 0.3) is 0 Å². The van der Waals surface area contributed by atoms with Crippen molar-refractivity contribution in [3.05, 3.63) is 143 Å². The molecule has 1 amide bonds. The number of aliphatic carboxylic acids is 1. The van der Waals surface area contributed by atoms with Gasteiger partial charge in [-0.05, 0) is 48.6 Å². The summed E-state index contributed by atoms with van der Waals surface area (Å²) in [7, 11) is 0. The lowest BCUT2D eigenvalue weighted by molar-refractivity contribution is -0.144. The summed E-state index contributed by atoms with van der Waals surface area (Å²) < 4.78 is 5.89. The van der Waals surface area contributed by atoms with E-state index in [-0.39, 0.29) is 13.0 Å². The Labute approximate surface area is 240 Å². The number of ether oxygens (including phenoxy) is 1. The molecule has 0 radical (unpaired) electrons. The summed E-state index contributed by atoms with van der Waals surface area (Å²) >= 11 is 6.90. The first-order valence-electron chi connectivity index (χ1n) is 13.3. The monoisotopic (exact) mass is 556 g/mol. The molecule has 0 bridgehead atoms. The highest BCUT2D eigenvalue weighted by Crippen LogP contribution is 2.47. The maximum atomic E-state index is 14.3. The quantitative estimate of drug-likeness (QED) is 0.147. The molecule has 1 atom stereocenters. The van der Waals surface area contributed by atoms with Crippen molar-refractivity contribution < 1.29 is 19.4 Å². The lowest BCUT2D eigenvalue weighted by Crippen LogP contribution is -2.58. The number of amides is 1. The summed E-state index contributed by atoms with van der Waals surface area (Å²) in [6.07, 6.45) is 0.542. The number of carboxylic acid groups (broad SMARTS) is 1. The molecular formula is C33H33ClN2O4. The summed E-state index contributed by atoms with van der Waals surface area (Å²) in [6.45, 7) is 0.394. The number of hydrogen-bond acceptors (Lipinski definition) is 4. The van der Waals surface area contributed by atoms with Crippen molar-refractivity contribution in [2.75, 3.05) is 6.54 Å². The zero-order chi connectivity index (χ0) is 28.4. The van der Waals surface area contributed by atoms with Gasteiger partial charge in [-0.3, -0.25) is 4.90 Å². The fraction of sp³-hybridized carbons (Fsp3) is 0.212. The molecular weight excluding hydrogens is 524 g/mol. The average molecular weight is 557 g/mol. The molecule has 0 aliphatic carbocycles. The van der Waals surface area contributed by atoms with E-state index in [9.17, 15) is 14.7 Å². The number of carbonyl (C=O) groups excluding carboxylic acids is 1. The molecule has 0 heterocycles. The second-order valence-electron chi connectivity index (χ2n) is 9.47. The van der Waals surface area contributed by atoms with E-state index in [1.165, 1.54) is 4.90 Å². The number of nitrogens with two attached hydrogens (primary N) is 1. The van der Waals surface area contributed by atoms with E-state index < -0.39 is 23.6 Å². The van der Waals surface area contributed by atoms with Crippen molar-refractivity contribution in [3.63, 3.8) is 0 Å². The van der Waals surface area contributed by atoms with Crippen LogP contribution in [0.15, 0.2) is 115 Å². The van der Waals surface area contributed by atoms with Gasteiger partial charge in [0.2, 0.25) is 0 Å². The van der Waals surface area contributed by atoms with Gasteiger partial charge in [-0.2, -0.15) is 0 Å². The molecule has 0 saturated carbocycles. The van der Waals surface area contributed by atoms with E-state index in [0.717, 1.165) is 5.56 Å². The number of halogens is 1. The summed E-state index contributed by atoms with van der Waals surface area (Å²) in [5.41, 5.74) is 7.02. The van der Waals surface area contributed by atoms with Crippen LogP contribution in [0.4, 0.5) is 4.79 Å². The second kappa shape index (κ2) is 13.8. The highest BCUT2D eigenvalue weighted by molar-refractivity contribution is 6.31. The molecule has 0 unspecified atom stereocenters. The van der Waals surface area contributed by atoms with Crippen molar-refractivity contribution >= 4 is 23.7 Å². The molecule has 4 rings (SSSR count). The molecule has 206 valence electrons. The Hall–Kier alpha value is -4.13. The van der Waals surface area contributed by atoms with Crippen molar-refractivity contribution in [3.8, 4) is 0 Å². The predicted octanol–water partition coefficient (Wildman–Crippen LogP) is 6.85. The van der Waals surface area contributed by atoms with E-state index in [2.05, 4.69) is 0 Å². The van der Waals surface area contributed by atoms with E-state index in [0.29, 0.717) is 41.1 Å². The number of nitrogens with zero attached hydrogens (tertiary/aromatic N) is 1. The topological polar surface area (TPSA) is 92.9 Å². The van der Waals surface area contributed by atoms with Gasteiger partial charge in [0.1, 0.15) is 18.2 Å². The minimum absolute atomic E-state index is 0.0203. The number of benzene rings is 4. The van der Waals surface area contributed by atoms with Crippen LogP contribution in [0.1, 0.15) is 41.5 Å². The van der Waals surface area contributed by atoms with Crippen LogP contribution in [0, 0.1) is 0 Å². The Balaban J connectivity index is 2.01. The van der Waals surface area contributed by atoms with Crippen LogP contribution in [-0.4, -0.2) is 34.7 Å². The van der Waals surface area contributed by atoms with Crippen molar-refractivity contribution in [2.45, 2.75) is 37.5 Å². The first kappa shape index (κ1) is 28.9. The molecule has 3 N–H and O–H groups in total. The van der Waals surface area contributed by atoms with Gasteiger partial charge in [-0.1, -0.05) is 121 Å². The Kier molecular flexibility index (Phi) is 9.95. The summed E-state index contributed by atoms with van der Waals surface area (Å²) in [6, 6.07) is 34.0. The molecule has 6 nitrogen and oxygen atoms in total. The second-order valence-corrected chi connectivity index (χ2v) is 9.88. The summed E-state index contributed by atoms with van der Waals surface area (Å²) in [5.74, 6) is -1.14. The lowest BCUT2D eigenvalue weighted by Gasteiger charge is -2.47. The number of carboxylic acids is 1. The van der Waals surface area contributed by atoms with Crippen LogP contribution < -0.4 is 5.73 Å². The molecule has 0 saturated heterocycles. The van der Waals surface area contributed by atoms with Crippen molar-refractivity contribution in [2.24, 2.45) is 5.73 Å². The van der Waals surface area contributed by atoms with Crippen LogP contribution in [-0.2, 0) is 21.7 Å². The van der Waals surface area contributed by atoms with Gasteiger partial charge in [0.15, 0.2) is 0 Å². The first-order chi connectivity index (χ1) is 19.5. The molecule has 7 heteroatoms. The number of rotatable bonds is 12. The van der Waals surface area contributed by atoms with Crippen molar-refractivity contribution in [1.82, 2.24) is 4.90 Å². The highest BCUT2D eigenvalue weighted by atomic mass is 35.5. The minimum Gasteiger partial charge on any atom is -0.480 e. The smallest absolute Gasteiger partial charge is 0.412 e. The molecule has 4 aromatic carbocycles. The summed E-state index contributed by atoms with van der Waals surface area (Å²) in [5, 5.41) is 11.0. The normalized spacial score (nSPS) is 11.9. The Morgan fingerprint density at radius 3 is 1.85 bits per heavy atom. The molecule has 0 aromatic heterocycles. The zero-order valence-corrected chi connectivity index (χ0v) is 22.9. The Morgan fingerprint density at radius 1 is 0.800 bits per heavy atom. The third kappa shape index (κ3) is 6.19. The van der Waals surface area contributed by atoms with Gasteiger partial charge in [-0.25, -0.2) is 9.59 Å². The predicted molar refractivity (Wildman–Crippen MR) is 157 cm³/mol. The third-order valence-electron chi connectivity index (χ3n) is 6.94. The lowest BCUT2D eigenvalue weighted by atomic mass is 9.74. The van der Waals surface area contributed by atoms with E-state index in [1.54, 1.807) is 12.1 Å². The maximum Gasteiger partial charge on any atom is 0.412 e. The van der Waals surface area contributed by atoms with E-state index >= 15 is 0 Å². The molecule has 40 heavy (non-hydrogen) atoms. The Bertz CT molecular complexity index is 1340. The molecule has 0 fully saturated rings. The molecule has 0 spiro atoms. The standard InChI is InChI=1S/C33H33ClN2O4/c34-29-21-11-10-20-28(29)33(26-16-6-2-7-17-26,27-18-8-3-9-19-27)36(30(31(37)38)22-12-13-23-35)32(39)40-24-25-14-4-1-5-15-25/h1-11,14-21,30H,12-13,22-24,35H2,(H,37,38)/t30-/m0/s1. The third-order valence-corrected chi connectivity index (χ3v) is 7.27. The van der Waals surface area contributed by atoms with Gasteiger partial charge < -0.3 is 15.6 Å². The van der Waals surface area contributed by atoms with Gasteiger partial charge in [0.05, 0.1) is 0 Å². The summed E-state index contributed by atoms with van der Waals surface area (Å²) in [4.78, 5) is 28.7. The molecule has 4 aromatic rings. The average Bonchev–Trinajstić information content (AvgIpc) is 2.99. The SMILES string of the molecule is NCCCC[C@@H](C(=O)O)N(C(=O)OCc1ccccc1)C(c1ccccc1)(c1ccccc1)c1ccccc1Cl. The fourth-order valence-electron chi connectivity index (χ4n) is 5.13. The van der Waals surface area contributed by atoms with Crippen molar-refractivity contribution in [1.29, 1.82) is 0 Å². The van der Waals surface area contributed by atoms with Gasteiger partial charge in [0, 0.05) is 10.6 Å². The van der Waals surface area contributed by atoms with E-state index in [4.69, 9.17) is 22.1 Å². The minimum atomic E-state index is -1.43. The van der Waals surface area contributed by atoms with Gasteiger partial charge in [-0.15, -0.1) is 0 Å². The highest BCUT2D eigenvalue weighted by Gasteiger charge is 2.51.